The van der Waals surface area contributed by atoms with Crippen molar-refractivity contribution in [1.29, 1.82) is 0 Å². The number of pyridine rings is 1. The summed E-state index contributed by atoms with van der Waals surface area (Å²) < 4.78 is 7.67. The predicted octanol–water partition coefficient (Wildman–Crippen LogP) is 2.19. The van der Waals surface area contributed by atoms with E-state index in [2.05, 4.69) is 21.5 Å². The average molecular weight is 217 g/mol. The van der Waals surface area contributed by atoms with Gasteiger partial charge in [-0.3, -0.25) is 4.98 Å². The number of hydrogen-bond acceptors (Lipinski definition) is 3. The summed E-state index contributed by atoms with van der Waals surface area (Å²) in [7, 11) is 0. The van der Waals surface area contributed by atoms with Crippen LogP contribution in [0.4, 0.5) is 0 Å². The Morgan fingerprint density at radius 3 is 2.94 bits per heavy atom. The van der Waals surface area contributed by atoms with Gasteiger partial charge in [-0.15, -0.1) is 0 Å². The second-order valence-electron chi connectivity index (χ2n) is 3.54. The van der Waals surface area contributed by atoms with Crippen LogP contribution in [0.25, 0.3) is 0 Å². The van der Waals surface area contributed by atoms with Gasteiger partial charge in [0.2, 0.25) is 0 Å². The highest BCUT2D eigenvalue weighted by molar-refractivity contribution is 5.16. The zero-order valence-electron chi connectivity index (χ0n) is 9.55. The predicted molar refractivity (Wildman–Crippen MR) is 61.2 cm³/mol. The van der Waals surface area contributed by atoms with Crippen molar-refractivity contribution in [3.8, 4) is 5.75 Å². The molecule has 4 nitrogen and oxygen atoms in total. The minimum Gasteiger partial charge on any atom is -0.486 e. The molecule has 0 unspecified atom stereocenters. The topological polar surface area (TPSA) is 39.9 Å². The quantitative estimate of drug-likeness (QED) is 0.788. The van der Waals surface area contributed by atoms with Crippen molar-refractivity contribution in [2.45, 2.75) is 27.0 Å². The fourth-order valence-corrected chi connectivity index (χ4v) is 1.55. The van der Waals surface area contributed by atoms with Crippen molar-refractivity contribution in [2.75, 3.05) is 0 Å². The van der Waals surface area contributed by atoms with Crippen LogP contribution in [0, 0.1) is 6.92 Å². The highest BCUT2D eigenvalue weighted by Crippen LogP contribution is 2.10. The Labute approximate surface area is 94.9 Å². The first kappa shape index (κ1) is 10.7. The van der Waals surface area contributed by atoms with Gasteiger partial charge in [0.25, 0.3) is 0 Å². The zero-order valence-corrected chi connectivity index (χ0v) is 9.55. The van der Waals surface area contributed by atoms with Crippen LogP contribution in [0.15, 0.2) is 30.7 Å². The summed E-state index contributed by atoms with van der Waals surface area (Å²) in [5.74, 6) is 1.79. The lowest BCUT2D eigenvalue weighted by atomic mass is 10.4. The Kier molecular flexibility index (Phi) is 3.19. The fourth-order valence-electron chi connectivity index (χ4n) is 1.55. The van der Waals surface area contributed by atoms with Crippen LogP contribution in [-0.2, 0) is 13.2 Å². The maximum Gasteiger partial charge on any atom is 0.138 e. The minimum atomic E-state index is 0.486. The number of imidazole rings is 1. The van der Waals surface area contributed by atoms with Crippen LogP contribution in [-0.4, -0.2) is 14.5 Å². The van der Waals surface area contributed by atoms with E-state index in [0.717, 1.165) is 23.8 Å². The first-order valence-electron chi connectivity index (χ1n) is 5.35. The lowest BCUT2D eigenvalue weighted by Crippen LogP contribution is -1.96. The van der Waals surface area contributed by atoms with Gasteiger partial charge in [-0.25, -0.2) is 4.98 Å². The maximum atomic E-state index is 5.57. The molecule has 2 aromatic rings. The van der Waals surface area contributed by atoms with E-state index in [1.807, 2.05) is 25.3 Å². The molecule has 2 rings (SSSR count). The van der Waals surface area contributed by atoms with Gasteiger partial charge in [-0.2, -0.15) is 0 Å². The second kappa shape index (κ2) is 4.79. The van der Waals surface area contributed by atoms with Crippen LogP contribution in [0.5, 0.6) is 5.75 Å². The van der Waals surface area contributed by atoms with E-state index < -0.39 is 0 Å². The van der Waals surface area contributed by atoms with Crippen molar-refractivity contribution >= 4 is 0 Å². The number of hydrogen-bond donors (Lipinski definition) is 0. The molecule has 0 bridgehead atoms. The van der Waals surface area contributed by atoms with Crippen LogP contribution in [0.2, 0.25) is 0 Å². The van der Waals surface area contributed by atoms with E-state index in [1.54, 1.807) is 12.4 Å². The van der Waals surface area contributed by atoms with Gasteiger partial charge in [0.05, 0.1) is 11.9 Å². The molecule has 0 amide bonds. The Hall–Kier alpha value is -1.84. The lowest BCUT2D eigenvalue weighted by Gasteiger charge is -2.02. The third-order valence-electron chi connectivity index (χ3n) is 2.39. The number of nitrogens with zero attached hydrogens (tertiary/aromatic N) is 3. The first-order valence-corrected chi connectivity index (χ1v) is 5.35. The summed E-state index contributed by atoms with van der Waals surface area (Å²) >= 11 is 0. The van der Waals surface area contributed by atoms with Crippen molar-refractivity contribution in [3.05, 3.63) is 42.2 Å². The van der Waals surface area contributed by atoms with Gasteiger partial charge >= 0.3 is 0 Å². The summed E-state index contributed by atoms with van der Waals surface area (Å²) in [6.07, 6.45) is 5.44. The number of rotatable bonds is 4. The van der Waals surface area contributed by atoms with Gasteiger partial charge in [-0.1, -0.05) is 0 Å². The lowest BCUT2D eigenvalue weighted by molar-refractivity contribution is 0.300. The third kappa shape index (κ3) is 2.39. The molecule has 0 radical (unpaired) electrons. The smallest absolute Gasteiger partial charge is 0.138 e. The van der Waals surface area contributed by atoms with Crippen LogP contribution < -0.4 is 4.74 Å². The van der Waals surface area contributed by atoms with Gasteiger partial charge in [0.15, 0.2) is 0 Å². The normalized spacial score (nSPS) is 10.4. The third-order valence-corrected chi connectivity index (χ3v) is 2.39. The maximum absolute atomic E-state index is 5.57. The van der Waals surface area contributed by atoms with E-state index in [9.17, 15) is 0 Å². The van der Waals surface area contributed by atoms with Crippen molar-refractivity contribution < 1.29 is 4.74 Å². The highest BCUT2D eigenvalue weighted by atomic mass is 16.5. The SMILES string of the molecule is CCn1cc(COc2cccnc2)nc1C. The van der Waals surface area contributed by atoms with E-state index >= 15 is 0 Å². The van der Waals surface area contributed by atoms with Gasteiger partial charge < -0.3 is 9.30 Å². The largest absolute Gasteiger partial charge is 0.486 e. The molecule has 84 valence electrons. The van der Waals surface area contributed by atoms with Gasteiger partial charge in [0, 0.05) is 18.9 Å². The minimum absolute atomic E-state index is 0.486. The highest BCUT2D eigenvalue weighted by Gasteiger charge is 2.03. The molecule has 4 heteroatoms. The monoisotopic (exact) mass is 217 g/mol. The number of ether oxygens (including phenoxy) is 1. The summed E-state index contributed by atoms with van der Waals surface area (Å²) in [5, 5.41) is 0. The summed E-state index contributed by atoms with van der Waals surface area (Å²) in [5.41, 5.74) is 0.947. The van der Waals surface area contributed by atoms with Crippen LogP contribution in [0.1, 0.15) is 18.4 Å². The summed E-state index contributed by atoms with van der Waals surface area (Å²) in [6.45, 7) is 5.52. The van der Waals surface area contributed by atoms with Gasteiger partial charge in [-0.05, 0) is 26.0 Å². The van der Waals surface area contributed by atoms with Crippen LogP contribution >= 0.6 is 0 Å². The molecule has 2 heterocycles. The van der Waals surface area contributed by atoms with Crippen LogP contribution in [0.3, 0.4) is 0 Å². The molecule has 2 aromatic heterocycles. The molecule has 0 aliphatic heterocycles. The molecule has 16 heavy (non-hydrogen) atoms. The zero-order chi connectivity index (χ0) is 11.4. The molecule has 0 spiro atoms. The fraction of sp³-hybridized carbons (Fsp3) is 0.333. The van der Waals surface area contributed by atoms with Crippen molar-refractivity contribution in [2.24, 2.45) is 0 Å². The van der Waals surface area contributed by atoms with E-state index in [0.29, 0.717) is 6.61 Å². The molecule has 0 N–H and O–H groups in total. The first-order chi connectivity index (χ1) is 7.79. The summed E-state index contributed by atoms with van der Waals surface area (Å²) in [6, 6.07) is 3.74. The molecule has 0 aliphatic rings. The Balaban J connectivity index is 2.00. The Bertz CT molecular complexity index is 451. The second-order valence-corrected chi connectivity index (χ2v) is 3.54. The molecular formula is C12H15N3O. The van der Waals surface area contributed by atoms with E-state index in [4.69, 9.17) is 4.74 Å². The molecule has 0 fully saturated rings. The molecule has 0 aromatic carbocycles. The van der Waals surface area contributed by atoms with Gasteiger partial charge in [0.1, 0.15) is 18.2 Å². The van der Waals surface area contributed by atoms with Crippen molar-refractivity contribution in [3.63, 3.8) is 0 Å². The van der Waals surface area contributed by atoms with E-state index in [1.165, 1.54) is 0 Å². The molecule has 0 aliphatic carbocycles. The summed E-state index contributed by atoms with van der Waals surface area (Å²) in [4.78, 5) is 8.40. The van der Waals surface area contributed by atoms with Crippen molar-refractivity contribution in [1.82, 2.24) is 14.5 Å². The standard InChI is InChI=1S/C12H15N3O/c1-3-15-8-11(14-10(15)2)9-16-12-5-4-6-13-7-12/h4-8H,3,9H2,1-2H3. The van der Waals surface area contributed by atoms with E-state index in [-0.39, 0.29) is 0 Å². The molecule has 0 saturated heterocycles. The average Bonchev–Trinajstić information content (AvgIpc) is 2.69. The molecule has 0 saturated carbocycles. The Morgan fingerprint density at radius 2 is 2.31 bits per heavy atom. The Morgan fingerprint density at radius 1 is 1.44 bits per heavy atom. The number of aromatic nitrogens is 3. The molecule has 0 atom stereocenters. The number of aryl methyl sites for hydroxylation is 2. The molecular weight excluding hydrogens is 202 g/mol.